The van der Waals surface area contributed by atoms with Gasteiger partial charge < -0.3 is 5.73 Å². The molecule has 0 bridgehead atoms. The monoisotopic (exact) mass is 177 g/mol. The highest BCUT2D eigenvalue weighted by molar-refractivity contribution is 5.50. The van der Waals surface area contributed by atoms with E-state index in [2.05, 4.69) is 34.6 Å². The Morgan fingerprint density at radius 3 is 1.69 bits per heavy atom. The Bertz CT molecular complexity index is 295. The van der Waals surface area contributed by atoms with Crippen molar-refractivity contribution in [2.24, 2.45) is 0 Å². The van der Waals surface area contributed by atoms with Crippen molar-refractivity contribution < 1.29 is 0 Å². The van der Waals surface area contributed by atoms with Gasteiger partial charge in [-0.2, -0.15) is 0 Å². The lowest BCUT2D eigenvalue weighted by molar-refractivity contribution is 0.582. The Labute approximate surface area is 81.0 Å². The number of rotatable bonds is 0. The zero-order valence-electron chi connectivity index (χ0n) is 9.23. The maximum Gasteiger partial charge on any atom is 0.0319 e. The fourth-order valence-electron chi connectivity index (χ4n) is 2.18. The second kappa shape index (κ2) is 3.06. The van der Waals surface area contributed by atoms with Gasteiger partial charge in [-0.25, -0.2) is 0 Å². The molecule has 0 saturated heterocycles. The summed E-state index contributed by atoms with van der Waals surface area (Å²) in [6, 6.07) is 4.10. The first-order valence-corrected chi connectivity index (χ1v) is 4.69. The van der Waals surface area contributed by atoms with Gasteiger partial charge in [0.2, 0.25) is 0 Å². The molecule has 1 heteroatoms. The van der Waals surface area contributed by atoms with E-state index in [0.29, 0.717) is 0 Å². The summed E-state index contributed by atoms with van der Waals surface area (Å²) in [6.07, 6.45) is 0. The molecule has 0 saturated carbocycles. The molecule has 1 aromatic carbocycles. The highest BCUT2D eigenvalue weighted by Gasteiger charge is 2.18. The van der Waals surface area contributed by atoms with Crippen LogP contribution in [0, 0.1) is 13.8 Å². The summed E-state index contributed by atoms with van der Waals surface area (Å²) < 4.78 is 0. The van der Waals surface area contributed by atoms with Crippen molar-refractivity contribution in [2.75, 3.05) is 5.73 Å². The third-order valence-electron chi connectivity index (χ3n) is 2.31. The van der Waals surface area contributed by atoms with E-state index in [0.717, 1.165) is 5.69 Å². The number of benzene rings is 1. The van der Waals surface area contributed by atoms with E-state index in [1.807, 2.05) is 12.1 Å². The van der Waals surface area contributed by atoms with Crippen LogP contribution >= 0.6 is 0 Å². The van der Waals surface area contributed by atoms with Crippen molar-refractivity contribution in [2.45, 2.75) is 40.0 Å². The summed E-state index contributed by atoms with van der Waals surface area (Å²) in [5, 5.41) is 0. The van der Waals surface area contributed by atoms with Gasteiger partial charge >= 0.3 is 0 Å². The molecule has 13 heavy (non-hydrogen) atoms. The Hall–Kier alpha value is -0.980. The van der Waals surface area contributed by atoms with Gasteiger partial charge in [0.05, 0.1) is 0 Å². The van der Waals surface area contributed by atoms with Crippen molar-refractivity contribution in [3.05, 3.63) is 28.8 Å². The van der Waals surface area contributed by atoms with Crippen LogP contribution in [0.5, 0.6) is 0 Å². The van der Waals surface area contributed by atoms with Crippen molar-refractivity contribution in [3.63, 3.8) is 0 Å². The summed E-state index contributed by atoms with van der Waals surface area (Å²) in [5.41, 5.74) is 10.9. The molecule has 0 unspecified atom stereocenters. The van der Waals surface area contributed by atoms with Gasteiger partial charge in [0.15, 0.2) is 0 Å². The zero-order chi connectivity index (χ0) is 10.2. The Kier molecular flexibility index (Phi) is 2.38. The van der Waals surface area contributed by atoms with Crippen molar-refractivity contribution in [3.8, 4) is 0 Å². The summed E-state index contributed by atoms with van der Waals surface area (Å²) in [7, 11) is 0. The van der Waals surface area contributed by atoms with E-state index in [9.17, 15) is 0 Å². The van der Waals surface area contributed by atoms with E-state index in [1.165, 1.54) is 16.7 Å². The summed E-state index contributed by atoms with van der Waals surface area (Å²) in [6.45, 7) is 11.0. The van der Waals surface area contributed by atoms with Gasteiger partial charge in [0.1, 0.15) is 0 Å². The Morgan fingerprint density at radius 1 is 1.00 bits per heavy atom. The van der Waals surface area contributed by atoms with E-state index in [4.69, 9.17) is 5.73 Å². The molecule has 0 aliphatic carbocycles. The molecule has 72 valence electrons. The van der Waals surface area contributed by atoms with Crippen LogP contribution in [-0.2, 0) is 5.41 Å². The molecule has 0 aliphatic rings. The standard InChI is InChI=1S/C12H19N/c1-8-6-10(13)7-9(2)11(8)12(3,4)5/h6-7H,13H2,1-5H3. The van der Waals surface area contributed by atoms with Crippen LogP contribution in [-0.4, -0.2) is 0 Å². The van der Waals surface area contributed by atoms with Crippen LogP contribution in [0.1, 0.15) is 37.5 Å². The molecule has 0 amide bonds. The molecule has 0 spiro atoms. The van der Waals surface area contributed by atoms with Gasteiger partial charge in [-0.1, -0.05) is 20.8 Å². The molecule has 0 aliphatic heterocycles. The third kappa shape index (κ3) is 2.03. The molecule has 0 atom stereocenters. The third-order valence-corrected chi connectivity index (χ3v) is 2.31. The van der Waals surface area contributed by atoms with Crippen LogP contribution in [0.15, 0.2) is 12.1 Å². The van der Waals surface area contributed by atoms with Gasteiger partial charge in [-0.05, 0) is 48.1 Å². The summed E-state index contributed by atoms with van der Waals surface area (Å²) in [4.78, 5) is 0. The lowest BCUT2D eigenvalue weighted by atomic mass is 9.81. The largest absolute Gasteiger partial charge is 0.399 e. The van der Waals surface area contributed by atoms with E-state index in [-0.39, 0.29) is 5.41 Å². The lowest BCUT2D eigenvalue weighted by Gasteiger charge is -2.24. The summed E-state index contributed by atoms with van der Waals surface area (Å²) >= 11 is 0. The van der Waals surface area contributed by atoms with Crippen LogP contribution in [0.3, 0.4) is 0 Å². The summed E-state index contributed by atoms with van der Waals surface area (Å²) in [5.74, 6) is 0. The van der Waals surface area contributed by atoms with E-state index < -0.39 is 0 Å². The Morgan fingerprint density at radius 2 is 1.38 bits per heavy atom. The number of nitrogen functional groups attached to an aromatic ring is 1. The molecular formula is C12H19N. The SMILES string of the molecule is Cc1cc(N)cc(C)c1C(C)(C)C. The van der Waals surface area contributed by atoms with Crippen LogP contribution in [0.4, 0.5) is 5.69 Å². The molecule has 0 radical (unpaired) electrons. The average molecular weight is 177 g/mol. The van der Waals surface area contributed by atoms with Gasteiger partial charge in [-0.15, -0.1) is 0 Å². The quantitative estimate of drug-likeness (QED) is 0.605. The number of aryl methyl sites for hydroxylation is 2. The number of nitrogens with two attached hydrogens (primary N) is 1. The maximum absolute atomic E-state index is 5.77. The van der Waals surface area contributed by atoms with E-state index >= 15 is 0 Å². The second-order valence-electron chi connectivity index (χ2n) is 4.78. The number of hydrogen-bond acceptors (Lipinski definition) is 1. The minimum Gasteiger partial charge on any atom is -0.399 e. The second-order valence-corrected chi connectivity index (χ2v) is 4.78. The van der Waals surface area contributed by atoms with Crippen LogP contribution < -0.4 is 5.73 Å². The topological polar surface area (TPSA) is 26.0 Å². The maximum atomic E-state index is 5.77. The molecule has 1 rings (SSSR count). The number of anilines is 1. The molecule has 2 N–H and O–H groups in total. The zero-order valence-corrected chi connectivity index (χ0v) is 9.23. The normalized spacial score (nSPS) is 11.8. The minimum atomic E-state index is 0.210. The highest BCUT2D eigenvalue weighted by atomic mass is 14.5. The van der Waals surface area contributed by atoms with E-state index in [1.54, 1.807) is 0 Å². The molecule has 0 fully saturated rings. The molecule has 0 aromatic heterocycles. The minimum absolute atomic E-state index is 0.210. The van der Waals surface area contributed by atoms with Gasteiger partial charge in [0.25, 0.3) is 0 Å². The molecular weight excluding hydrogens is 158 g/mol. The van der Waals surface area contributed by atoms with Crippen LogP contribution in [0.2, 0.25) is 0 Å². The van der Waals surface area contributed by atoms with Gasteiger partial charge in [-0.3, -0.25) is 0 Å². The van der Waals surface area contributed by atoms with Gasteiger partial charge in [0, 0.05) is 5.69 Å². The fourth-order valence-corrected chi connectivity index (χ4v) is 2.18. The molecule has 1 aromatic rings. The smallest absolute Gasteiger partial charge is 0.0319 e. The first-order valence-electron chi connectivity index (χ1n) is 4.69. The van der Waals surface area contributed by atoms with Crippen molar-refractivity contribution in [1.82, 2.24) is 0 Å². The predicted molar refractivity (Wildman–Crippen MR) is 59.0 cm³/mol. The highest BCUT2D eigenvalue weighted by Crippen LogP contribution is 2.30. The first kappa shape index (κ1) is 10.1. The number of hydrogen-bond donors (Lipinski definition) is 1. The van der Waals surface area contributed by atoms with Crippen molar-refractivity contribution >= 4 is 5.69 Å². The Balaban J connectivity index is 3.38. The first-order chi connectivity index (χ1) is 5.82. The fraction of sp³-hybridized carbons (Fsp3) is 0.500. The average Bonchev–Trinajstić information content (AvgIpc) is 1.78. The molecule has 0 heterocycles. The lowest BCUT2D eigenvalue weighted by Crippen LogP contribution is -2.15. The predicted octanol–water partition coefficient (Wildman–Crippen LogP) is 3.18. The molecule has 1 nitrogen and oxygen atoms in total. The van der Waals surface area contributed by atoms with Crippen molar-refractivity contribution in [1.29, 1.82) is 0 Å². The van der Waals surface area contributed by atoms with Crippen LogP contribution in [0.25, 0.3) is 0 Å².